The van der Waals surface area contributed by atoms with Crippen molar-refractivity contribution in [2.24, 2.45) is 0 Å². The molecule has 122 valence electrons. The van der Waals surface area contributed by atoms with Crippen molar-refractivity contribution in [1.29, 1.82) is 0 Å². The van der Waals surface area contributed by atoms with E-state index in [4.69, 9.17) is 4.74 Å². The number of nitrogens with zero attached hydrogens (tertiary/aromatic N) is 1. The van der Waals surface area contributed by atoms with E-state index in [1.165, 1.54) is 6.92 Å². The van der Waals surface area contributed by atoms with E-state index < -0.39 is 5.97 Å². The van der Waals surface area contributed by atoms with Crippen LogP contribution in [0.2, 0.25) is 0 Å². The predicted molar refractivity (Wildman–Crippen MR) is 93.6 cm³/mol. The number of carbonyl (C=O) groups is 1. The topological polar surface area (TPSA) is 79.7 Å². The van der Waals surface area contributed by atoms with Crippen molar-refractivity contribution in [3.63, 3.8) is 0 Å². The van der Waals surface area contributed by atoms with E-state index in [0.29, 0.717) is 27.7 Å². The van der Waals surface area contributed by atoms with Crippen LogP contribution >= 0.6 is 15.9 Å². The molecule has 0 radical (unpaired) electrons. The molecule has 2 aromatic carbocycles. The zero-order valence-electron chi connectivity index (χ0n) is 12.8. The van der Waals surface area contributed by atoms with Gasteiger partial charge in [-0.05, 0) is 40.5 Å². The molecular formula is C18H14BrNO4. The Morgan fingerprint density at radius 2 is 1.92 bits per heavy atom. The van der Waals surface area contributed by atoms with Crippen molar-refractivity contribution in [2.45, 2.75) is 13.5 Å². The number of ether oxygens (including phenoxy) is 1. The van der Waals surface area contributed by atoms with Crippen molar-refractivity contribution in [3.8, 4) is 11.5 Å². The van der Waals surface area contributed by atoms with E-state index in [-0.39, 0.29) is 17.0 Å². The number of hydrogen-bond donors (Lipinski definition) is 2. The van der Waals surface area contributed by atoms with Gasteiger partial charge in [0.1, 0.15) is 23.6 Å². The van der Waals surface area contributed by atoms with Gasteiger partial charge in [0.15, 0.2) is 5.69 Å². The first-order chi connectivity index (χ1) is 11.5. The predicted octanol–water partition coefficient (Wildman–Crippen LogP) is 4.29. The Bertz CT molecular complexity index is 925. The Kier molecular flexibility index (Phi) is 4.40. The summed E-state index contributed by atoms with van der Waals surface area (Å²) in [6, 6.07) is 13.0. The summed E-state index contributed by atoms with van der Waals surface area (Å²) in [5, 5.41) is 20.1. The second kappa shape index (κ2) is 6.49. The van der Waals surface area contributed by atoms with Gasteiger partial charge in [0.2, 0.25) is 0 Å². The molecule has 0 amide bonds. The first-order valence-electron chi connectivity index (χ1n) is 7.21. The van der Waals surface area contributed by atoms with Crippen molar-refractivity contribution < 1.29 is 19.7 Å². The molecule has 0 aliphatic heterocycles. The number of carboxylic acids is 1. The smallest absolute Gasteiger partial charge is 0.354 e. The number of aromatic carboxylic acids is 1. The maximum atomic E-state index is 11.4. The highest BCUT2D eigenvalue weighted by Gasteiger charge is 2.20. The third-order valence-electron chi connectivity index (χ3n) is 3.70. The van der Waals surface area contributed by atoms with Gasteiger partial charge >= 0.3 is 5.97 Å². The normalized spacial score (nSPS) is 10.8. The number of benzene rings is 2. The fraction of sp³-hybridized carbons (Fsp3) is 0.111. The molecule has 2 N–H and O–H groups in total. The number of rotatable bonds is 4. The number of pyridine rings is 1. The molecule has 0 bridgehead atoms. The van der Waals surface area contributed by atoms with Gasteiger partial charge in [-0.3, -0.25) is 0 Å². The molecular weight excluding hydrogens is 374 g/mol. The second-order valence-electron chi connectivity index (χ2n) is 5.28. The molecule has 0 aliphatic rings. The highest BCUT2D eigenvalue weighted by molar-refractivity contribution is 9.10. The number of hydrogen-bond acceptors (Lipinski definition) is 4. The van der Waals surface area contributed by atoms with E-state index in [0.717, 1.165) is 5.56 Å². The standard InChI is InChI=1S/C18H14BrNO4/c1-10-15(18(22)23)20-16-13(8-7-12(19)14(16)17(10)21)24-9-11-5-3-2-4-6-11/h2-8H,9H2,1H3,(H,20,21)(H,22,23). The summed E-state index contributed by atoms with van der Waals surface area (Å²) in [5.74, 6) is -0.900. The monoisotopic (exact) mass is 387 g/mol. The molecule has 6 heteroatoms. The molecule has 0 atom stereocenters. The molecule has 5 nitrogen and oxygen atoms in total. The lowest BCUT2D eigenvalue weighted by molar-refractivity contribution is 0.0689. The van der Waals surface area contributed by atoms with Gasteiger partial charge in [-0.1, -0.05) is 30.3 Å². The minimum Gasteiger partial charge on any atom is -0.507 e. The quantitative estimate of drug-likeness (QED) is 0.697. The Labute approximate surface area is 146 Å². The van der Waals surface area contributed by atoms with E-state index in [9.17, 15) is 15.0 Å². The van der Waals surface area contributed by atoms with Crippen LogP contribution in [0.15, 0.2) is 46.9 Å². The lowest BCUT2D eigenvalue weighted by atomic mass is 10.1. The van der Waals surface area contributed by atoms with Gasteiger partial charge in [0.25, 0.3) is 0 Å². The van der Waals surface area contributed by atoms with Crippen LogP contribution in [0.1, 0.15) is 21.6 Å². The minimum absolute atomic E-state index is 0.116. The van der Waals surface area contributed by atoms with Gasteiger partial charge in [0.05, 0.1) is 5.39 Å². The fourth-order valence-corrected chi connectivity index (χ4v) is 2.95. The average molecular weight is 388 g/mol. The molecule has 1 aromatic heterocycles. The third-order valence-corrected chi connectivity index (χ3v) is 4.36. The fourth-order valence-electron chi connectivity index (χ4n) is 2.44. The number of aromatic nitrogens is 1. The number of aromatic hydroxyl groups is 1. The van der Waals surface area contributed by atoms with Crippen LogP contribution < -0.4 is 4.74 Å². The van der Waals surface area contributed by atoms with E-state index in [2.05, 4.69) is 20.9 Å². The van der Waals surface area contributed by atoms with Gasteiger partial charge in [0, 0.05) is 10.0 Å². The summed E-state index contributed by atoms with van der Waals surface area (Å²) >= 11 is 3.37. The molecule has 0 saturated heterocycles. The summed E-state index contributed by atoms with van der Waals surface area (Å²) in [7, 11) is 0. The molecule has 3 aromatic rings. The van der Waals surface area contributed by atoms with Crippen LogP contribution in [0.4, 0.5) is 0 Å². The zero-order chi connectivity index (χ0) is 17.3. The summed E-state index contributed by atoms with van der Waals surface area (Å²) in [6.07, 6.45) is 0. The highest BCUT2D eigenvalue weighted by atomic mass is 79.9. The van der Waals surface area contributed by atoms with Gasteiger partial charge in [-0.25, -0.2) is 9.78 Å². The maximum Gasteiger partial charge on any atom is 0.354 e. The summed E-state index contributed by atoms with van der Waals surface area (Å²) in [5.41, 5.74) is 1.31. The summed E-state index contributed by atoms with van der Waals surface area (Å²) < 4.78 is 6.42. The molecule has 0 spiro atoms. The first-order valence-corrected chi connectivity index (χ1v) is 8.00. The molecule has 3 rings (SSSR count). The van der Waals surface area contributed by atoms with Crippen LogP contribution in [0.3, 0.4) is 0 Å². The van der Waals surface area contributed by atoms with Crippen LogP contribution in [-0.2, 0) is 6.61 Å². The Morgan fingerprint density at radius 1 is 1.21 bits per heavy atom. The first kappa shape index (κ1) is 16.3. The SMILES string of the molecule is Cc1c(C(=O)O)nc2c(OCc3ccccc3)ccc(Br)c2c1O. The highest BCUT2D eigenvalue weighted by Crippen LogP contribution is 2.39. The van der Waals surface area contributed by atoms with Crippen molar-refractivity contribution in [2.75, 3.05) is 0 Å². The van der Waals surface area contributed by atoms with E-state index in [1.807, 2.05) is 30.3 Å². The van der Waals surface area contributed by atoms with Crippen molar-refractivity contribution >= 4 is 32.8 Å². The van der Waals surface area contributed by atoms with Gasteiger partial charge in [-0.15, -0.1) is 0 Å². The largest absolute Gasteiger partial charge is 0.507 e. The van der Waals surface area contributed by atoms with Crippen LogP contribution in [0.5, 0.6) is 11.5 Å². The minimum atomic E-state index is -1.20. The molecule has 0 unspecified atom stereocenters. The van der Waals surface area contributed by atoms with Crippen molar-refractivity contribution in [1.82, 2.24) is 4.98 Å². The maximum absolute atomic E-state index is 11.4. The second-order valence-corrected chi connectivity index (χ2v) is 6.14. The Morgan fingerprint density at radius 3 is 2.58 bits per heavy atom. The molecule has 24 heavy (non-hydrogen) atoms. The van der Waals surface area contributed by atoms with Crippen molar-refractivity contribution in [3.05, 3.63) is 63.8 Å². The molecule has 0 saturated carbocycles. The van der Waals surface area contributed by atoms with E-state index >= 15 is 0 Å². The summed E-state index contributed by atoms with van der Waals surface area (Å²) in [6.45, 7) is 1.84. The zero-order valence-corrected chi connectivity index (χ0v) is 14.4. The van der Waals surface area contributed by atoms with Gasteiger partial charge in [-0.2, -0.15) is 0 Å². The van der Waals surface area contributed by atoms with Gasteiger partial charge < -0.3 is 14.9 Å². The third kappa shape index (κ3) is 2.92. The van der Waals surface area contributed by atoms with Crippen LogP contribution in [0.25, 0.3) is 10.9 Å². The molecule has 0 fully saturated rings. The number of halogens is 1. The lowest BCUT2D eigenvalue weighted by Crippen LogP contribution is -2.05. The van der Waals surface area contributed by atoms with Crippen LogP contribution in [-0.4, -0.2) is 21.2 Å². The van der Waals surface area contributed by atoms with E-state index in [1.54, 1.807) is 12.1 Å². The molecule has 0 aliphatic carbocycles. The van der Waals surface area contributed by atoms with Crippen LogP contribution in [0, 0.1) is 6.92 Å². The Balaban J connectivity index is 2.11. The Hall–Kier alpha value is -2.60. The lowest BCUT2D eigenvalue weighted by Gasteiger charge is -2.13. The average Bonchev–Trinajstić information content (AvgIpc) is 2.57. The molecule has 1 heterocycles. The number of carboxylic acid groups (broad SMARTS) is 1. The summed E-state index contributed by atoms with van der Waals surface area (Å²) in [4.78, 5) is 15.6. The number of fused-ring (bicyclic) bond motifs is 1.